The monoisotopic (exact) mass is 358 g/mol. The number of imide groups is 1. The lowest BCUT2D eigenvalue weighted by atomic mass is 9.86. The smallest absolute Gasteiger partial charge is 0.294 e. The molecule has 1 aromatic rings. The Labute approximate surface area is 151 Å². The van der Waals surface area contributed by atoms with Crippen LogP contribution in [0.4, 0.5) is 4.79 Å². The number of benzene rings is 1. The number of amides is 3. The number of thioether (sulfide) groups is 1. The molecule has 1 aliphatic carbocycles. The second-order valence-electron chi connectivity index (χ2n) is 6.61. The molecule has 1 heterocycles. The fourth-order valence-corrected chi connectivity index (χ4v) is 4.10. The highest BCUT2D eigenvalue weighted by molar-refractivity contribution is 8.18. The van der Waals surface area contributed by atoms with Crippen LogP contribution in [0.3, 0.4) is 0 Å². The van der Waals surface area contributed by atoms with Crippen molar-refractivity contribution in [1.82, 2.24) is 10.2 Å². The number of nitrogens with one attached hydrogen (secondary N) is 1. The molecule has 2 unspecified atom stereocenters. The summed E-state index contributed by atoms with van der Waals surface area (Å²) in [6.07, 6.45) is 6.05. The lowest BCUT2D eigenvalue weighted by molar-refractivity contribution is -0.130. The predicted octanol–water partition coefficient (Wildman–Crippen LogP) is 3.42. The minimum atomic E-state index is -0.398. The number of carbonyl (C=O) groups excluding carboxylic acids is 3. The fraction of sp³-hybridized carbons (Fsp3) is 0.421. The molecule has 1 aromatic carbocycles. The van der Waals surface area contributed by atoms with E-state index in [1.165, 1.54) is 6.42 Å². The zero-order valence-corrected chi connectivity index (χ0v) is 15.1. The Morgan fingerprint density at radius 3 is 2.68 bits per heavy atom. The molecule has 0 aromatic heterocycles. The predicted molar refractivity (Wildman–Crippen MR) is 98.7 cm³/mol. The summed E-state index contributed by atoms with van der Waals surface area (Å²) in [7, 11) is 0. The van der Waals surface area contributed by atoms with Crippen LogP contribution < -0.4 is 5.32 Å². The third-order valence-corrected chi connectivity index (χ3v) is 5.64. The van der Waals surface area contributed by atoms with Gasteiger partial charge in [0.2, 0.25) is 5.91 Å². The molecule has 1 saturated heterocycles. The van der Waals surface area contributed by atoms with Crippen LogP contribution in [0, 0.1) is 5.92 Å². The first-order chi connectivity index (χ1) is 12.0. The standard InChI is InChI=1S/C19H22N2O3S/c1-13-7-5-6-10-15(13)20-17(22)12-21-18(23)16(25-19(21)24)11-14-8-3-2-4-9-14/h2-4,8-9,11,13,15H,5-7,10,12H2,1H3,(H,20,22)/b16-11+. The number of rotatable bonds is 4. The van der Waals surface area contributed by atoms with E-state index in [-0.39, 0.29) is 23.7 Å². The Morgan fingerprint density at radius 2 is 1.96 bits per heavy atom. The molecule has 2 atom stereocenters. The summed E-state index contributed by atoms with van der Waals surface area (Å²) < 4.78 is 0. The molecule has 1 saturated carbocycles. The van der Waals surface area contributed by atoms with Crippen molar-refractivity contribution in [2.24, 2.45) is 5.92 Å². The van der Waals surface area contributed by atoms with E-state index in [0.717, 1.165) is 41.5 Å². The SMILES string of the molecule is CC1CCCCC1NC(=O)CN1C(=O)S/C(=C/c2ccccc2)C1=O. The molecule has 3 amide bonds. The van der Waals surface area contributed by atoms with Gasteiger partial charge in [-0.25, -0.2) is 0 Å². The van der Waals surface area contributed by atoms with Gasteiger partial charge in [-0.3, -0.25) is 19.3 Å². The molecule has 25 heavy (non-hydrogen) atoms. The molecule has 0 spiro atoms. The molecule has 132 valence electrons. The third kappa shape index (κ3) is 4.31. The van der Waals surface area contributed by atoms with Crippen molar-refractivity contribution in [3.8, 4) is 0 Å². The minimum absolute atomic E-state index is 0.140. The molecule has 2 fully saturated rings. The third-order valence-electron chi connectivity index (χ3n) is 4.73. The maximum Gasteiger partial charge on any atom is 0.294 e. The Bertz CT molecular complexity index is 702. The summed E-state index contributed by atoms with van der Waals surface area (Å²) >= 11 is 0.884. The average Bonchev–Trinajstić information content (AvgIpc) is 2.85. The van der Waals surface area contributed by atoms with Gasteiger partial charge in [-0.15, -0.1) is 0 Å². The van der Waals surface area contributed by atoms with Crippen LogP contribution >= 0.6 is 11.8 Å². The van der Waals surface area contributed by atoms with Gasteiger partial charge in [-0.2, -0.15) is 0 Å². The van der Waals surface area contributed by atoms with Crippen LogP contribution in [0.15, 0.2) is 35.2 Å². The highest BCUT2D eigenvalue weighted by Gasteiger charge is 2.36. The Kier molecular flexibility index (Phi) is 5.58. The number of nitrogens with zero attached hydrogens (tertiary/aromatic N) is 1. The van der Waals surface area contributed by atoms with Gasteiger partial charge in [0.15, 0.2) is 0 Å². The van der Waals surface area contributed by atoms with Crippen molar-refractivity contribution in [3.63, 3.8) is 0 Å². The second-order valence-corrected chi connectivity index (χ2v) is 7.61. The van der Waals surface area contributed by atoms with Gasteiger partial charge >= 0.3 is 0 Å². The van der Waals surface area contributed by atoms with Crippen molar-refractivity contribution >= 4 is 34.9 Å². The molecule has 1 N–H and O–H groups in total. The number of hydrogen-bond acceptors (Lipinski definition) is 4. The molecule has 0 radical (unpaired) electrons. The Morgan fingerprint density at radius 1 is 1.24 bits per heavy atom. The normalized spacial score (nSPS) is 25.5. The molecule has 0 bridgehead atoms. The van der Waals surface area contributed by atoms with E-state index < -0.39 is 5.91 Å². The van der Waals surface area contributed by atoms with Crippen LogP contribution in [0.2, 0.25) is 0 Å². The number of carbonyl (C=O) groups is 3. The largest absolute Gasteiger partial charge is 0.352 e. The van der Waals surface area contributed by atoms with Crippen LogP contribution in [0.5, 0.6) is 0 Å². The number of hydrogen-bond donors (Lipinski definition) is 1. The maximum absolute atomic E-state index is 12.4. The Hall–Kier alpha value is -2.08. The van der Waals surface area contributed by atoms with Crippen molar-refractivity contribution in [1.29, 1.82) is 0 Å². The second kappa shape index (κ2) is 7.87. The summed E-state index contributed by atoms with van der Waals surface area (Å²) in [6.45, 7) is 1.92. The average molecular weight is 358 g/mol. The van der Waals surface area contributed by atoms with Gasteiger partial charge in [0.05, 0.1) is 4.91 Å². The molecule has 5 nitrogen and oxygen atoms in total. The van der Waals surface area contributed by atoms with Crippen LogP contribution in [0.25, 0.3) is 6.08 Å². The molecular formula is C19H22N2O3S. The van der Waals surface area contributed by atoms with Crippen LogP contribution in [-0.4, -0.2) is 34.5 Å². The van der Waals surface area contributed by atoms with Gasteiger partial charge in [0.1, 0.15) is 6.54 Å². The van der Waals surface area contributed by atoms with E-state index in [9.17, 15) is 14.4 Å². The van der Waals surface area contributed by atoms with Gasteiger partial charge < -0.3 is 5.32 Å². The van der Waals surface area contributed by atoms with Gasteiger partial charge in [0, 0.05) is 6.04 Å². The molecular weight excluding hydrogens is 336 g/mol. The quantitative estimate of drug-likeness (QED) is 0.838. The lowest BCUT2D eigenvalue weighted by Gasteiger charge is -2.29. The van der Waals surface area contributed by atoms with E-state index in [0.29, 0.717) is 10.8 Å². The van der Waals surface area contributed by atoms with Gasteiger partial charge in [0.25, 0.3) is 11.1 Å². The van der Waals surface area contributed by atoms with E-state index >= 15 is 0 Å². The maximum atomic E-state index is 12.4. The van der Waals surface area contributed by atoms with E-state index in [1.54, 1.807) is 6.08 Å². The van der Waals surface area contributed by atoms with Gasteiger partial charge in [-0.1, -0.05) is 50.1 Å². The zero-order valence-electron chi connectivity index (χ0n) is 14.2. The van der Waals surface area contributed by atoms with Crippen molar-refractivity contribution in [2.45, 2.75) is 38.6 Å². The van der Waals surface area contributed by atoms with Crippen molar-refractivity contribution < 1.29 is 14.4 Å². The molecule has 2 aliphatic rings. The minimum Gasteiger partial charge on any atom is -0.352 e. The van der Waals surface area contributed by atoms with Crippen LogP contribution in [0.1, 0.15) is 38.2 Å². The van der Waals surface area contributed by atoms with Crippen LogP contribution in [-0.2, 0) is 9.59 Å². The summed E-state index contributed by atoms with van der Waals surface area (Å²) in [5, 5.41) is 2.60. The van der Waals surface area contributed by atoms with Gasteiger partial charge in [-0.05, 0) is 42.2 Å². The Balaban J connectivity index is 1.62. The lowest BCUT2D eigenvalue weighted by Crippen LogP contribution is -2.46. The summed E-state index contributed by atoms with van der Waals surface area (Å²) in [6, 6.07) is 9.50. The molecule has 3 rings (SSSR count). The van der Waals surface area contributed by atoms with E-state index in [4.69, 9.17) is 0 Å². The summed E-state index contributed by atoms with van der Waals surface area (Å²) in [5.41, 5.74) is 0.855. The van der Waals surface area contributed by atoms with E-state index in [1.807, 2.05) is 30.3 Å². The zero-order chi connectivity index (χ0) is 17.8. The van der Waals surface area contributed by atoms with Crippen molar-refractivity contribution in [3.05, 3.63) is 40.8 Å². The molecule has 1 aliphatic heterocycles. The first kappa shape index (κ1) is 17.7. The van der Waals surface area contributed by atoms with Crippen molar-refractivity contribution in [2.75, 3.05) is 6.54 Å². The fourth-order valence-electron chi connectivity index (χ4n) is 3.26. The first-order valence-electron chi connectivity index (χ1n) is 8.64. The highest BCUT2D eigenvalue weighted by Crippen LogP contribution is 2.32. The highest BCUT2D eigenvalue weighted by atomic mass is 32.2. The summed E-state index contributed by atoms with van der Waals surface area (Å²) in [5.74, 6) is -0.224. The molecule has 6 heteroatoms. The topological polar surface area (TPSA) is 66.5 Å². The summed E-state index contributed by atoms with van der Waals surface area (Å²) in [4.78, 5) is 38.2. The van der Waals surface area contributed by atoms with E-state index in [2.05, 4.69) is 12.2 Å². The first-order valence-corrected chi connectivity index (χ1v) is 9.46.